The summed E-state index contributed by atoms with van der Waals surface area (Å²) in [5.41, 5.74) is 2.11. The molecule has 0 spiro atoms. The number of esters is 1. The van der Waals surface area contributed by atoms with Gasteiger partial charge in [-0.25, -0.2) is 9.78 Å². The first kappa shape index (κ1) is 20.3. The molecule has 2 aromatic carbocycles. The molecule has 7 nitrogen and oxygen atoms in total. The zero-order chi connectivity index (χ0) is 20.6. The first-order valence-electron chi connectivity index (χ1n) is 8.78. The Morgan fingerprint density at radius 2 is 1.72 bits per heavy atom. The van der Waals surface area contributed by atoms with Gasteiger partial charge in [-0.2, -0.15) is 0 Å². The van der Waals surface area contributed by atoms with Gasteiger partial charge in [0, 0.05) is 16.6 Å². The predicted molar refractivity (Wildman–Crippen MR) is 110 cm³/mol. The third-order valence-corrected chi connectivity index (χ3v) is 4.70. The zero-order valence-corrected chi connectivity index (χ0v) is 16.8. The van der Waals surface area contributed by atoms with Crippen LogP contribution in [0.4, 0.5) is 10.8 Å². The second kappa shape index (κ2) is 9.70. The molecule has 3 aromatic rings. The van der Waals surface area contributed by atoms with Crippen LogP contribution in [0.3, 0.4) is 0 Å². The van der Waals surface area contributed by atoms with Crippen molar-refractivity contribution in [1.82, 2.24) is 4.98 Å². The van der Waals surface area contributed by atoms with Crippen molar-refractivity contribution < 1.29 is 23.8 Å². The molecule has 0 aliphatic carbocycles. The summed E-state index contributed by atoms with van der Waals surface area (Å²) < 4.78 is 15.7. The molecule has 0 atom stereocenters. The van der Waals surface area contributed by atoms with Gasteiger partial charge < -0.3 is 19.5 Å². The molecule has 150 valence electrons. The molecule has 0 amide bonds. The summed E-state index contributed by atoms with van der Waals surface area (Å²) in [6, 6.07) is 14.1. The van der Waals surface area contributed by atoms with E-state index in [9.17, 15) is 9.59 Å². The fourth-order valence-electron chi connectivity index (χ4n) is 2.35. The molecule has 29 heavy (non-hydrogen) atoms. The number of benzene rings is 2. The summed E-state index contributed by atoms with van der Waals surface area (Å²) in [4.78, 5) is 27.5. The summed E-state index contributed by atoms with van der Waals surface area (Å²) >= 11 is 1.42. The average molecular weight is 412 g/mol. The van der Waals surface area contributed by atoms with Crippen molar-refractivity contribution in [2.24, 2.45) is 0 Å². The van der Waals surface area contributed by atoms with Gasteiger partial charge in [-0.15, -0.1) is 11.3 Å². The number of nitrogens with zero attached hydrogens (tertiary/aromatic N) is 1. The highest BCUT2D eigenvalue weighted by Crippen LogP contribution is 2.23. The molecule has 0 aliphatic heterocycles. The van der Waals surface area contributed by atoms with Gasteiger partial charge in [0.05, 0.1) is 12.8 Å². The Morgan fingerprint density at radius 3 is 2.38 bits per heavy atom. The van der Waals surface area contributed by atoms with E-state index < -0.39 is 5.97 Å². The van der Waals surface area contributed by atoms with Crippen molar-refractivity contribution in [1.29, 1.82) is 0 Å². The molecule has 1 aromatic heterocycles. The quantitative estimate of drug-likeness (QED) is 0.416. The molecule has 0 unspecified atom stereocenters. The number of hydrogen-bond acceptors (Lipinski definition) is 8. The molecular weight excluding hydrogens is 392 g/mol. The Bertz CT molecular complexity index is 967. The molecule has 1 heterocycles. The predicted octanol–water partition coefficient (Wildman–Crippen LogP) is 4.22. The highest BCUT2D eigenvalue weighted by atomic mass is 32.1. The van der Waals surface area contributed by atoms with Gasteiger partial charge in [0.15, 0.2) is 17.5 Å². The normalized spacial score (nSPS) is 10.3. The number of anilines is 2. The van der Waals surface area contributed by atoms with Crippen LogP contribution in [0, 0.1) is 0 Å². The second-order valence-electron chi connectivity index (χ2n) is 6.03. The van der Waals surface area contributed by atoms with Crippen LogP contribution in [-0.4, -0.2) is 30.5 Å². The Labute approximate surface area is 172 Å². The molecule has 1 N–H and O–H groups in total. The van der Waals surface area contributed by atoms with E-state index in [-0.39, 0.29) is 19.0 Å². The lowest BCUT2D eigenvalue weighted by molar-refractivity contribution is -0.147. The maximum Gasteiger partial charge on any atom is 0.344 e. The summed E-state index contributed by atoms with van der Waals surface area (Å²) in [6.07, 6.45) is 0. The summed E-state index contributed by atoms with van der Waals surface area (Å²) in [6.45, 7) is 1.33. The molecule has 3 rings (SSSR count). The Morgan fingerprint density at radius 1 is 1.03 bits per heavy atom. The second-order valence-corrected chi connectivity index (χ2v) is 6.89. The van der Waals surface area contributed by atoms with E-state index in [2.05, 4.69) is 10.3 Å². The summed E-state index contributed by atoms with van der Waals surface area (Å²) in [7, 11) is 1.62. The van der Waals surface area contributed by atoms with Gasteiger partial charge >= 0.3 is 5.97 Å². The molecular formula is C21H20N2O5S. The van der Waals surface area contributed by atoms with Crippen LogP contribution in [0.1, 0.15) is 23.0 Å². The van der Waals surface area contributed by atoms with Gasteiger partial charge in [-0.1, -0.05) is 0 Å². The van der Waals surface area contributed by atoms with E-state index in [4.69, 9.17) is 14.2 Å². The van der Waals surface area contributed by atoms with Crippen molar-refractivity contribution in [2.75, 3.05) is 19.0 Å². The van der Waals surface area contributed by atoms with Crippen molar-refractivity contribution in [3.8, 4) is 11.5 Å². The lowest BCUT2D eigenvalue weighted by atomic mass is 10.1. The minimum absolute atomic E-state index is 0.0277. The number of aromatic nitrogens is 1. The van der Waals surface area contributed by atoms with Crippen LogP contribution < -0.4 is 14.8 Å². The Kier molecular flexibility index (Phi) is 6.80. The zero-order valence-electron chi connectivity index (χ0n) is 16.0. The lowest BCUT2D eigenvalue weighted by Crippen LogP contribution is -2.14. The van der Waals surface area contributed by atoms with Crippen LogP contribution >= 0.6 is 11.3 Å². The van der Waals surface area contributed by atoms with E-state index in [0.29, 0.717) is 22.1 Å². The maximum atomic E-state index is 11.9. The van der Waals surface area contributed by atoms with Crippen LogP contribution in [0.2, 0.25) is 0 Å². The molecule has 0 radical (unpaired) electrons. The van der Waals surface area contributed by atoms with Gasteiger partial charge in [0.1, 0.15) is 18.1 Å². The molecule has 8 heteroatoms. The SMILES string of the molecule is COc1ccc(Nc2nc(COC(=O)COc3ccc(C(C)=O)cc3)cs2)cc1. The first-order chi connectivity index (χ1) is 14.0. The van der Waals surface area contributed by atoms with Gasteiger partial charge in [-0.05, 0) is 55.5 Å². The van der Waals surface area contributed by atoms with Crippen molar-refractivity contribution >= 4 is 33.9 Å². The maximum absolute atomic E-state index is 11.9. The molecule has 0 bridgehead atoms. The highest BCUT2D eigenvalue weighted by Gasteiger charge is 2.08. The summed E-state index contributed by atoms with van der Waals surface area (Å²) in [5.74, 6) is 0.740. The third-order valence-electron chi connectivity index (χ3n) is 3.89. The van der Waals surface area contributed by atoms with Crippen LogP contribution in [-0.2, 0) is 16.1 Å². The van der Waals surface area contributed by atoms with E-state index in [1.807, 2.05) is 29.6 Å². The number of carbonyl (C=O) groups is 2. The van der Waals surface area contributed by atoms with E-state index in [0.717, 1.165) is 11.4 Å². The molecule has 0 aliphatic rings. The van der Waals surface area contributed by atoms with Gasteiger partial charge in [0.2, 0.25) is 0 Å². The van der Waals surface area contributed by atoms with Gasteiger partial charge in [-0.3, -0.25) is 4.79 Å². The number of ketones is 1. The largest absolute Gasteiger partial charge is 0.497 e. The number of ether oxygens (including phenoxy) is 3. The van der Waals surface area contributed by atoms with Crippen molar-refractivity contribution in [2.45, 2.75) is 13.5 Å². The fourth-order valence-corrected chi connectivity index (χ4v) is 3.07. The molecule has 0 saturated heterocycles. The Hall–Kier alpha value is -3.39. The highest BCUT2D eigenvalue weighted by molar-refractivity contribution is 7.13. The van der Waals surface area contributed by atoms with Crippen LogP contribution in [0.5, 0.6) is 11.5 Å². The third kappa shape index (κ3) is 6.05. The number of methoxy groups -OCH3 is 1. The van der Waals surface area contributed by atoms with E-state index >= 15 is 0 Å². The van der Waals surface area contributed by atoms with Gasteiger partial charge in [0.25, 0.3) is 0 Å². The van der Waals surface area contributed by atoms with Crippen LogP contribution in [0.15, 0.2) is 53.9 Å². The van der Waals surface area contributed by atoms with Crippen molar-refractivity contribution in [3.05, 3.63) is 65.2 Å². The molecule has 0 saturated carbocycles. The number of hydrogen-bond donors (Lipinski definition) is 1. The average Bonchev–Trinajstić information content (AvgIpc) is 3.19. The standard InChI is InChI=1S/C21H20N2O5S/c1-14(24)15-3-7-19(8-4-15)27-12-20(25)28-11-17-13-29-21(23-17)22-16-5-9-18(26-2)10-6-16/h3-10,13H,11-12H2,1-2H3,(H,22,23). The van der Waals surface area contributed by atoms with Crippen molar-refractivity contribution in [3.63, 3.8) is 0 Å². The monoisotopic (exact) mass is 412 g/mol. The Balaban J connectivity index is 1.43. The summed E-state index contributed by atoms with van der Waals surface area (Å²) in [5, 5.41) is 5.70. The van der Waals surface area contributed by atoms with Crippen LogP contribution in [0.25, 0.3) is 0 Å². The first-order valence-corrected chi connectivity index (χ1v) is 9.66. The van der Waals surface area contributed by atoms with E-state index in [1.54, 1.807) is 31.4 Å². The smallest absolute Gasteiger partial charge is 0.344 e. The molecule has 0 fully saturated rings. The number of thiazole rings is 1. The van der Waals surface area contributed by atoms with E-state index in [1.165, 1.54) is 18.3 Å². The lowest BCUT2D eigenvalue weighted by Gasteiger charge is -2.06. The fraction of sp³-hybridized carbons (Fsp3) is 0.190. The number of Topliss-reactive ketones (excluding diaryl/α,β-unsaturated/α-hetero) is 1. The minimum Gasteiger partial charge on any atom is -0.497 e. The topological polar surface area (TPSA) is 86.8 Å². The number of nitrogens with one attached hydrogen (secondary N) is 1. The number of rotatable bonds is 9. The minimum atomic E-state index is -0.502. The number of carbonyl (C=O) groups excluding carboxylic acids is 2.